The zero-order valence-electron chi connectivity index (χ0n) is 8.19. The van der Waals surface area contributed by atoms with Crippen LogP contribution in [0.1, 0.15) is 19.8 Å². The van der Waals surface area contributed by atoms with E-state index in [-0.39, 0.29) is 12.1 Å². The highest BCUT2D eigenvalue weighted by Crippen LogP contribution is 2.20. The lowest BCUT2D eigenvalue weighted by atomic mass is 10.2. The van der Waals surface area contributed by atoms with Crippen LogP contribution in [-0.4, -0.2) is 48.3 Å². The minimum Gasteiger partial charge on any atom is -0.480 e. The van der Waals surface area contributed by atoms with Crippen LogP contribution in [0.4, 0.5) is 0 Å². The van der Waals surface area contributed by atoms with Crippen LogP contribution < -0.4 is 0 Å². The molecule has 1 heterocycles. The molecule has 1 aliphatic rings. The number of carboxylic acids is 1. The van der Waals surface area contributed by atoms with E-state index in [0.717, 1.165) is 19.4 Å². The van der Waals surface area contributed by atoms with Gasteiger partial charge in [0.25, 0.3) is 0 Å². The Labute approximate surface area is 78.5 Å². The van der Waals surface area contributed by atoms with Crippen LogP contribution in [0.3, 0.4) is 0 Å². The number of hydrogen-bond donors (Lipinski definition) is 1. The molecule has 4 heteroatoms. The van der Waals surface area contributed by atoms with E-state index in [1.54, 1.807) is 14.0 Å². The monoisotopic (exact) mass is 187 g/mol. The van der Waals surface area contributed by atoms with Crippen molar-refractivity contribution in [1.82, 2.24) is 4.90 Å². The first-order valence-corrected chi connectivity index (χ1v) is 4.64. The molecule has 2 atom stereocenters. The van der Waals surface area contributed by atoms with Crippen LogP contribution in [0, 0.1) is 0 Å². The summed E-state index contributed by atoms with van der Waals surface area (Å²) >= 11 is 0. The highest BCUT2D eigenvalue weighted by atomic mass is 16.5. The second-order valence-corrected chi connectivity index (χ2v) is 3.50. The van der Waals surface area contributed by atoms with Gasteiger partial charge in [-0.3, -0.25) is 9.69 Å². The van der Waals surface area contributed by atoms with Gasteiger partial charge in [0.2, 0.25) is 0 Å². The molecule has 1 saturated heterocycles. The summed E-state index contributed by atoms with van der Waals surface area (Å²) in [7, 11) is 1.65. The van der Waals surface area contributed by atoms with Crippen LogP contribution >= 0.6 is 0 Å². The van der Waals surface area contributed by atoms with Gasteiger partial charge in [0.1, 0.15) is 6.04 Å². The van der Waals surface area contributed by atoms with Crippen molar-refractivity contribution in [2.24, 2.45) is 0 Å². The maximum atomic E-state index is 10.8. The Kier molecular flexibility index (Phi) is 3.69. The fourth-order valence-corrected chi connectivity index (χ4v) is 1.88. The van der Waals surface area contributed by atoms with E-state index in [4.69, 9.17) is 9.84 Å². The molecule has 1 aliphatic heterocycles. The van der Waals surface area contributed by atoms with Gasteiger partial charge in [0.15, 0.2) is 0 Å². The Bertz CT molecular complexity index is 184. The van der Waals surface area contributed by atoms with Crippen LogP contribution in [0.15, 0.2) is 0 Å². The second kappa shape index (κ2) is 4.58. The predicted molar refractivity (Wildman–Crippen MR) is 48.7 cm³/mol. The molecule has 0 aromatic heterocycles. The van der Waals surface area contributed by atoms with Gasteiger partial charge in [-0.05, 0) is 26.3 Å². The van der Waals surface area contributed by atoms with E-state index in [1.165, 1.54) is 0 Å². The summed E-state index contributed by atoms with van der Waals surface area (Å²) in [6.07, 6.45) is 2.12. The number of carboxylic acid groups (broad SMARTS) is 1. The average Bonchev–Trinajstić information content (AvgIpc) is 2.52. The Morgan fingerprint density at radius 3 is 3.00 bits per heavy atom. The third-order valence-corrected chi connectivity index (χ3v) is 2.64. The Hall–Kier alpha value is -0.610. The normalized spacial score (nSPS) is 26.2. The number of likely N-dealkylation sites (tertiary alicyclic amines) is 1. The third kappa shape index (κ3) is 2.42. The molecule has 0 bridgehead atoms. The van der Waals surface area contributed by atoms with Crippen LogP contribution in [0.2, 0.25) is 0 Å². The lowest BCUT2D eigenvalue weighted by Crippen LogP contribution is -2.43. The van der Waals surface area contributed by atoms with Gasteiger partial charge in [-0.1, -0.05) is 0 Å². The average molecular weight is 187 g/mol. The standard InChI is InChI=1S/C9H17NO3/c1-7(9(11)12)10-5-3-4-8(10)6-13-2/h7-8H,3-6H2,1-2H3,(H,11,12)/t7-,8-/m0/s1. The Morgan fingerprint density at radius 2 is 2.46 bits per heavy atom. The molecule has 0 amide bonds. The molecule has 0 spiro atoms. The summed E-state index contributed by atoms with van der Waals surface area (Å²) in [5, 5.41) is 8.85. The number of nitrogens with zero attached hydrogens (tertiary/aromatic N) is 1. The van der Waals surface area contributed by atoms with Gasteiger partial charge >= 0.3 is 5.97 Å². The van der Waals surface area contributed by atoms with Crippen molar-refractivity contribution in [3.05, 3.63) is 0 Å². The van der Waals surface area contributed by atoms with E-state index >= 15 is 0 Å². The molecule has 0 aromatic carbocycles. The summed E-state index contributed by atoms with van der Waals surface area (Å²) in [6.45, 7) is 3.25. The molecule has 1 N–H and O–H groups in total. The minimum atomic E-state index is -0.747. The SMILES string of the molecule is COC[C@@H]1CCCN1[C@@H](C)C(=O)O. The van der Waals surface area contributed by atoms with E-state index in [2.05, 4.69) is 0 Å². The maximum Gasteiger partial charge on any atom is 0.320 e. The molecule has 13 heavy (non-hydrogen) atoms. The molecule has 1 fully saturated rings. The first-order valence-electron chi connectivity index (χ1n) is 4.64. The lowest BCUT2D eigenvalue weighted by Gasteiger charge is -2.27. The summed E-state index contributed by atoms with van der Waals surface area (Å²) in [5.74, 6) is -0.747. The van der Waals surface area contributed by atoms with Gasteiger partial charge in [-0.25, -0.2) is 0 Å². The van der Waals surface area contributed by atoms with E-state index in [9.17, 15) is 4.79 Å². The van der Waals surface area contributed by atoms with Crippen LogP contribution in [-0.2, 0) is 9.53 Å². The second-order valence-electron chi connectivity index (χ2n) is 3.50. The third-order valence-electron chi connectivity index (χ3n) is 2.64. The van der Waals surface area contributed by atoms with Gasteiger partial charge in [-0.15, -0.1) is 0 Å². The van der Waals surface area contributed by atoms with E-state index < -0.39 is 5.97 Å². The lowest BCUT2D eigenvalue weighted by molar-refractivity contribution is -0.143. The highest BCUT2D eigenvalue weighted by Gasteiger charge is 2.31. The largest absolute Gasteiger partial charge is 0.480 e. The molecule has 1 rings (SSSR count). The first kappa shape index (κ1) is 10.5. The summed E-state index contributed by atoms with van der Waals surface area (Å²) in [4.78, 5) is 12.8. The summed E-state index contributed by atoms with van der Waals surface area (Å²) < 4.78 is 5.05. The number of ether oxygens (including phenoxy) is 1. The van der Waals surface area contributed by atoms with Crippen LogP contribution in [0.25, 0.3) is 0 Å². The molecule has 0 radical (unpaired) electrons. The fraction of sp³-hybridized carbons (Fsp3) is 0.889. The van der Waals surface area contributed by atoms with Crippen molar-refractivity contribution in [2.45, 2.75) is 31.8 Å². The number of aliphatic carboxylic acids is 1. The zero-order valence-corrected chi connectivity index (χ0v) is 8.19. The minimum absolute atomic E-state index is 0.288. The van der Waals surface area contributed by atoms with E-state index in [1.807, 2.05) is 4.90 Å². The molecule has 0 aliphatic carbocycles. The first-order chi connectivity index (χ1) is 6.16. The van der Waals surface area contributed by atoms with Crippen molar-refractivity contribution < 1.29 is 14.6 Å². The van der Waals surface area contributed by atoms with Gasteiger partial charge in [0, 0.05) is 13.2 Å². The van der Waals surface area contributed by atoms with Crippen molar-refractivity contribution in [3.8, 4) is 0 Å². The van der Waals surface area contributed by atoms with Gasteiger partial charge in [-0.2, -0.15) is 0 Å². The summed E-state index contributed by atoms with van der Waals surface area (Å²) in [5.41, 5.74) is 0. The Balaban J connectivity index is 2.51. The zero-order chi connectivity index (χ0) is 9.84. The molecule has 0 saturated carbocycles. The quantitative estimate of drug-likeness (QED) is 0.699. The number of carbonyl (C=O) groups is 1. The topological polar surface area (TPSA) is 49.8 Å². The molecule has 76 valence electrons. The highest BCUT2D eigenvalue weighted by molar-refractivity contribution is 5.73. The fourth-order valence-electron chi connectivity index (χ4n) is 1.88. The molecule has 0 aromatic rings. The Morgan fingerprint density at radius 1 is 1.77 bits per heavy atom. The molecular weight excluding hydrogens is 170 g/mol. The maximum absolute atomic E-state index is 10.8. The van der Waals surface area contributed by atoms with Crippen molar-refractivity contribution in [1.29, 1.82) is 0 Å². The number of rotatable bonds is 4. The van der Waals surface area contributed by atoms with Crippen LogP contribution in [0.5, 0.6) is 0 Å². The van der Waals surface area contributed by atoms with Gasteiger partial charge in [0.05, 0.1) is 6.61 Å². The van der Waals surface area contributed by atoms with Crippen molar-refractivity contribution in [3.63, 3.8) is 0 Å². The van der Waals surface area contributed by atoms with Crippen molar-refractivity contribution >= 4 is 5.97 Å². The molecule has 0 unspecified atom stereocenters. The van der Waals surface area contributed by atoms with Gasteiger partial charge < -0.3 is 9.84 Å². The smallest absolute Gasteiger partial charge is 0.320 e. The molecular formula is C9H17NO3. The summed E-state index contributed by atoms with van der Waals surface area (Å²) in [6, 6.07) is -0.0984. The molecule has 4 nitrogen and oxygen atoms in total. The van der Waals surface area contributed by atoms with E-state index in [0.29, 0.717) is 6.61 Å². The predicted octanol–water partition coefficient (Wildman–Crippen LogP) is 0.570. The van der Waals surface area contributed by atoms with Crippen molar-refractivity contribution in [2.75, 3.05) is 20.3 Å². The number of hydrogen-bond acceptors (Lipinski definition) is 3. The number of methoxy groups -OCH3 is 1.